The lowest BCUT2D eigenvalue weighted by molar-refractivity contribution is 0.268. The van der Waals surface area contributed by atoms with Crippen LogP contribution in [0.5, 0.6) is 17.6 Å². The van der Waals surface area contributed by atoms with Crippen molar-refractivity contribution < 1.29 is 53.5 Å². The molecule has 0 amide bonds. The highest BCUT2D eigenvalue weighted by Crippen LogP contribution is 2.32. The van der Waals surface area contributed by atoms with Gasteiger partial charge in [-0.2, -0.15) is 13.2 Å². The van der Waals surface area contributed by atoms with Crippen molar-refractivity contribution in [2.75, 3.05) is 0 Å². The lowest BCUT2D eigenvalue weighted by Gasteiger charge is -2.17. The van der Waals surface area contributed by atoms with E-state index in [1.165, 1.54) is 0 Å². The summed E-state index contributed by atoms with van der Waals surface area (Å²) in [6.07, 6.45) is 0. The number of benzene rings is 3. The maximum atomic E-state index is 14.9. The van der Waals surface area contributed by atoms with Crippen molar-refractivity contribution in [3.63, 3.8) is 0 Å². The number of halogens is 9. The van der Waals surface area contributed by atoms with E-state index >= 15 is 0 Å². The van der Waals surface area contributed by atoms with E-state index in [0.29, 0.717) is 0 Å². The predicted octanol–water partition coefficient (Wildman–Crippen LogP) is 7.10. The lowest BCUT2D eigenvalue weighted by atomic mass is 10.1. The lowest BCUT2D eigenvalue weighted by Crippen LogP contribution is -2.39. The van der Waals surface area contributed by atoms with Gasteiger partial charge in [0, 0.05) is 0 Å². The predicted molar refractivity (Wildman–Crippen MR) is 132 cm³/mol. The molecule has 16 heteroatoms. The van der Waals surface area contributed by atoms with Gasteiger partial charge >= 0.3 is 7.32 Å². The Hall–Kier alpha value is -5.28. The third-order valence-corrected chi connectivity index (χ3v) is 6.06. The molecule has 0 radical (unpaired) electrons. The van der Waals surface area contributed by atoms with E-state index in [1.54, 1.807) is 0 Å². The van der Waals surface area contributed by atoms with Gasteiger partial charge in [-0.15, -0.1) is 0 Å². The van der Waals surface area contributed by atoms with E-state index in [0.717, 1.165) is 54.6 Å². The molecule has 0 aliphatic carbocycles. The van der Waals surface area contributed by atoms with E-state index < -0.39 is 110 Å². The van der Waals surface area contributed by atoms with Crippen molar-refractivity contribution in [3.05, 3.63) is 107 Å². The highest BCUT2D eigenvalue weighted by atomic mass is 19.2. The number of nitrogens with zero attached hydrogens (tertiary/aromatic N) is 3. The fourth-order valence-electron chi connectivity index (χ4n) is 4.14. The van der Waals surface area contributed by atoms with Crippen LogP contribution in [0.3, 0.4) is 0 Å². The Balaban J connectivity index is 1.48. The Bertz CT molecular complexity index is 1870. The molecule has 0 unspecified atom stereocenters. The molecule has 0 aliphatic heterocycles. The van der Waals surface area contributed by atoms with Crippen LogP contribution < -0.4 is 14.0 Å². The van der Waals surface area contributed by atoms with Crippen LogP contribution in [0.15, 0.2) is 54.6 Å². The van der Waals surface area contributed by atoms with Gasteiger partial charge in [-0.1, -0.05) is 18.2 Å². The first-order chi connectivity index (χ1) is 20.5. The third-order valence-electron chi connectivity index (χ3n) is 6.06. The second-order valence-electron chi connectivity index (χ2n) is 8.68. The molecule has 0 saturated heterocycles. The molecule has 0 saturated carbocycles. The van der Waals surface area contributed by atoms with Crippen LogP contribution >= 0.6 is 0 Å². The number of hydrogen-bond acceptors (Lipinski definition) is 6. The monoisotopic (exact) mass is 605 g/mol. The molecule has 0 aliphatic rings. The summed E-state index contributed by atoms with van der Waals surface area (Å²) in [5.74, 6) is -18.6. The van der Waals surface area contributed by atoms with Gasteiger partial charge in [-0.25, -0.2) is 41.3 Å². The third kappa shape index (κ3) is 4.73. The van der Waals surface area contributed by atoms with Gasteiger partial charge in [0.25, 0.3) is 0 Å². The fraction of sp³-hybridized carbons (Fsp3) is 0. The minimum atomic E-state index is -2.70. The zero-order chi connectivity index (χ0) is 30.6. The molecule has 3 aromatic carbocycles. The maximum absolute atomic E-state index is 14.9. The number of hydrogen-bond donors (Lipinski definition) is 0. The largest absolute Gasteiger partial charge is 0.867 e. The summed E-state index contributed by atoms with van der Waals surface area (Å²) in [5, 5.41) is -2.62. The van der Waals surface area contributed by atoms with Gasteiger partial charge in [0.1, 0.15) is 17.5 Å². The van der Waals surface area contributed by atoms with E-state index in [-0.39, 0.29) is 0 Å². The minimum absolute atomic E-state index is 0.485. The first-order valence-corrected chi connectivity index (χ1v) is 11.8. The summed E-state index contributed by atoms with van der Waals surface area (Å²) in [6, 6.07) is 8.94. The van der Waals surface area contributed by atoms with Crippen LogP contribution in [0.4, 0.5) is 39.5 Å². The smallest absolute Gasteiger partial charge is 0.472 e. The van der Waals surface area contributed by atoms with Crippen LogP contribution in [0.1, 0.15) is 0 Å². The molecule has 0 bridgehead atoms. The van der Waals surface area contributed by atoms with Crippen molar-refractivity contribution in [2.45, 2.75) is 0 Å². The van der Waals surface area contributed by atoms with Gasteiger partial charge in [0.15, 0.2) is 17.5 Å². The zero-order valence-corrected chi connectivity index (χ0v) is 20.7. The van der Waals surface area contributed by atoms with Crippen LogP contribution in [0, 0.1) is 52.4 Å². The van der Waals surface area contributed by atoms with Crippen LogP contribution in [-0.2, 0) is 0 Å². The highest BCUT2D eigenvalue weighted by molar-refractivity contribution is 6.39. The molecule has 6 nitrogen and oxygen atoms in total. The summed E-state index contributed by atoms with van der Waals surface area (Å²) >= 11 is 0. The second-order valence-corrected chi connectivity index (χ2v) is 8.68. The van der Waals surface area contributed by atoms with Crippen molar-refractivity contribution >= 4 is 40.0 Å². The summed E-state index contributed by atoms with van der Waals surface area (Å²) < 4.78 is 146. The quantitative estimate of drug-likeness (QED) is 0.149. The van der Waals surface area contributed by atoms with Gasteiger partial charge in [0.2, 0.25) is 35.1 Å². The van der Waals surface area contributed by atoms with Crippen LogP contribution in [0.25, 0.3) is 32.7 Å². The molecule has 0 fully saturated rings. The van der Waals surface area contributed by atoms with Gasteiger partial charge < -0.3 is 14.0 Å². The normalized spacial score (nSPS) is 11.4. The van der Waals surface area contributed by atoms with Gasteiger partial charge in [-0.3, -0.25) is 0 Å². The topological polar surface area (TPSA) is 66.4 Å². The molecule has 216 valence electrons. The van der Waals surface area contributed by atoms with Crippen LogP contribution in [-0.4, -0.2) is 22.3 Å². The minimum Gasteiger partial charge on any atom is -0.472 e. The zero-order valence-electron chi connectivity index (χ0n) is 20.7. The average molecular weight is 605 g/mol. The van der Waals surface area contributed by atoms with E-state index in [2.05, 4.69) is 15.0 Å². The SMILES string of the molecule is Fc1c(OB(Oc2nc3cccc(F)c3c(F)c2F)Oc2nc3cccc(F)c3c(F)c2F)nc2cccc(F)c2c1F. The molecule has 6 rings (SSSR count). The number of fused-ring (bicyclic) bond motifs is 3. The summed E-state index contributed by atoms with van der Waals surface area (Å²) in [7, 11) is -2.70. The molecule has 0 N–H and O–H groups in total. The highest BCUT2D eigenvalue weighted by Gasteiger charge is 2.38. The first-order valence-electron chi connectivity index (χ1n) is 11.8. The molecule has 0 atom stereocenters. The van der Waals surface area contributed by atoms with Crippen molar-refractivity contribution in [2.24, 2.45) is 0 Å². The van der Waals surface area contributed by atoms with E-state index in [1.807, 2.05) is 0 Å². The Kier molecular flexibility index (Phi) is 6.82. The Morgan fingerprint density at radius 2 is 0.674 bits per heavy atom. The Morgan fingerprint density at radius 3 is 0.953 bits per heavy atom. The fourth-order valence-corrected chi connectivity index (χ4v) is 4.14. The molecular weight excluding hydrogens is 596 g/mol. The van der Waals surface area contributed by atoms with Gasteiger partial charge in [0.05, 0.1) is 32.7 Å². The number of aromatic nitrogens is 3. The second kappa shape index (κ2) is 10.5. The Labute approximate surface area is 233 Å². The number of rotatable bonds is 6. The van der Waals surface area contributed by atoms with Crippen molar-refractivity contribution in [1.82, 2.24) is 15.0 Å². The van der Waals surface area contributed by atoms with E-state index in [9.17, 15) is 39.5 Å². The van der Waals surface area contributed by atoms with Crippen molar-refractivity contribution in [3.8, 4) is 17.6 Å². The standard InChI is InChI=1S/C27H9BF9N3O3/c29-10-4-1-7-13-16(10)19(32)22(35)25(38-13)41-28(42-26-23(36)20(33)17-11(30)5-2-8-14(17)39-26)43-27-24(37)21(34)18-12(31)6-3-9-15(18)40-27/h1-9H. The first kappa shape index (κ1) is 27.9. The molecular formula is C27H9BF9N3O3. The van der Waals surface area contributed by atoms with Crippen molar-refractivity contribution in [1.29, 1.82) is 0 Å². The maximum Gasteiger partial charge on any atom is 0.867 e. The Morgan fingerprint density at radius 1 is 0.395 bits per heavy atom. The molecule has 43 heavy (non-hydrogen) atoms. The molecule has 3 aromatic heterocycles. The average Bonchev–Trinajstić information content (AvgIpc) is 2.96. The summed E-state index contributed by atoms with van der Waals surface area (Å²) in [4.78, 5) is 10.8. The van der Waals surface area contributed by atoms with E-state index in [4.69, 9.17) is 14.0 Å². The number of pyridine rings is 3. The van der Waals surface area contributed by atoms with Gasteiger partial charge in [-0.05, 0) is 36.4 Å². The molecule has 0 spiro atoms. The summed E-state index contributed by atoms with van der Waals surface area (Å²) in [5.41, 5.74) is -1.46. The molecule has 6 aromatic rings. The summed E-state index contributed by atoms with van der Waals surface area (Å²) in [6.45, 7) is 0. The molecule has 3 heterocycles. The van der Waals surface area contributed by atoms with Crippen LogP contribution in [0.2, 0.25) is 0 Å².